The first kappa shape index (κ1) is 89.7. The SMILES string of the molecule is CC/C=C\C/C=C\C/C=C\C/C=C\CCCCC(=O)OCC(COP(=O)(O)OCC(O)COP(=O)(O)OCC(COC(=O)CCCCCCC/C=C\CCCCCC)OC(=O)CCCCCCCCCCCCC)OC(=O)CCCC/C=C\C/C=C\C/C=C\C/C=C\CC. The van der Waals surface area contributed by atoms with Gasteiger partial charge < -0.3 is 33.8 Å². The maximum atomic E-state index is 13.0. The third-order valence-corrected chi connectivity index (χ3v) is 16.6. The Balaban J connectivity index is 5.40. The van der Waals surface area contributed by atoms with Gasteiger partial charge in [-0.2, -0.15) is 0 Å². The number of ether oxygens (including phenoxy) is 4. The van der Waals surface area contributed by atoms with Crippen LogP contribution >= 0.6 is 15.6 Å². The molecular formula is C75H128O17P2. The number of carbonyl (C=O) groups excluding carboxylic acids is 4. The number of esters is 4. The molecule has 0 aliphatic carbocycles. The normalized spacial score (nSPS) is 14.7. The zero-order valence-electron chi connectivity index (χ0n) is 58.6. The quantitative estimate of drug-likeness (QED) is 0.0169. The molecule has 5 atom stereocenters. The summed E-state index contributed by atoms with van der Waals surface area (Å²) >= 11 is 0. The molecule has 540 valence electrons. The lowest BCUT2D eigenvalue weighted by Crippen LogP contribution is -2.30. The Morgan fingerprint density at radius 2 is 0.553 bits per heavy atom. The predicted octanol–water partition coefficient (Wildman–Crippen LogP) is 20.2. The van der Waals surface area contributed by atoms with Crippen LogP contribution in [-0.4, -0.2) is 96.7 Å². The molecule has 0 aliphatic heterocycles. The van der Waals surface area contributed by atoms with Gasteiger partial charge >= 0.3 is 39.5 Å². The maximum Gasteiger partial charge on any atom is 0.472 e. The van der Waals surface area contributed by atoms with Gasteiger partial charge in [0.2, 0.25) is 0 Å². The Labute approximate surface area is 569 Å². The number of unbranched alkanes of at least 4 members (excludes halogenated alkanes) is 23. The van der Waals surface area contributed by atoms with Crippen LogP contribution in [0.4, 0.5) is 0 Å². The molecule has 0 aromatic heterocycles. The van der Waals surface area contributed by atoms with Crippen LogP contribution < -0.4 is 0 Å². The van der Waals surface area contributed by atoms with E-state index in [9.17, 15) is 43.2 Å². The lowest BCUT2D eigenvalue weighted by atomic mass is 10.1. The average Bonchev–Trinajstić information content (AvgIpc) is 1.36. The maximum absolute atomic E-state index is 13.0. The van der Waals surface area contributed by atoms with Crippen molar-refractivity contribution in [1.82, 2.24) is 0 Å². The van der Waals surface area contributed by atoms with Crippen LogP contribution in [-0.2, 0) is 65.4 Å². The lowest BCUT2D eigenvalue weighted by molar-refractivity contribution is -0.161. The molecule has 5 unspecified atom stereocenters. The van der Waals surface area contributed by atoms with Gasteiger partial charge in [-0.15, -0.1) is 0 Å². The van der Waals surface area contributed by atoms with Crippen molar-refractivity contribution in [2.45, 2.75) is 303 Å². The molecule has 0 fully saturated rings. The van der Waals surface area contributed by atoms with E-state index in [1.807, 2.05) is 0 Å². The Bertz CT molecular complexity index is 2220. The van der Waals surface area contributed by atoms with Crippen LogP contribution in [0.15, 0.2) is 109 Å². The minimum Gasteiger partial charge on any atom is -0.462 e. The molecule has 94 heavy (non-hydrogen) atoms. The average molecular weight is 1360 g/mol. The molecule has 0 aromatic rings. The van der Waals surface area contributed by atoms with E-state index in [2.05, 4.69) is 137 Å². The summed E-state index contributed by atoms with van der Waals surface area (Å²) in [5, 5.41) is 10.6. The number of hydrogen-bond acceptors (Lipinski definition) is 15. The van der Waals surface area contributed by atoms with Gasteiger partial charge in [0.1, 0.15) is 19.3 Å². The molecule has 3 N–H and O–H groups in total. The highest BCUT2D eigenvalue weighted by Gasteiger charge is 2.30. The van der Waals surface area contributed by atoms with E-state index in [1.165, 1.54) is 64.2 Å². The molecule has 0 amide bonds. The lowest BCUT2D eigenvalue weighted by Gasteiger charge is -2.21. The molecule has 0 bridgehead atoms. The Morgan fingerprint density at radius 3 is 0.894 bits per heavy atom. The minimum atomic E-state index is -4.99. The molecule has 0 heterocycles. The summed E-state index contributed by atoms with van der Waals surface area (Å²) in [4.78, 5) is 72.6. The fraction of sp³-hybridized carbons (Fsp3) is 0.707. The van der Waals surface area contributed by atoms with Gasteiger partial charge in [-0.05, 0) is 128 Å². The summed E-state index contributed by atoms with van der Waals surface area (Å²) in [5.41, 5.74) is 0. The van der Waals surface area contributed by atoms with Gasteiger partial charge in [-0.1, -0.05) is 240 Å². The van der Waals surface area contributed by atoms with E-state index in [4.69, 9.17) is 37.0 Å². The summed E-state index contributed by atoms with van der Waals surface area (Å²) in [5.74, 6) is -2.28. The summed E-state index contributed by atoms with van der Waals surface area (Å²) in [6.07, 6.45) is 69.6. The second-order valence-electron chi connectivity index (χ2n) is 23.8. The number of phosphoric ester groups is 2. The Kier molecular flexibility index (Phi) is 64.2. The van der Waals surface area contributed by atoms with Crippen molar-refractivity contribution in [2.75, 3.05) is 39.6 Å². The van der Waals surface area contributed by atoms with Crippen LogP contribution in [0.3, 0.4) is 0 Å². The second kappa shape index (κ2) is 67.3. The van der Waals surface area contributed by atoms with E-state index in [0.717, 1.165) is 135 Å². The molecule has 0 spiro atoms. The summed E-state index contributed by atoms with van der Waals surface area (Å²) < 4.78 is 68.2. The van der Waals surface area contributed by atoms with Crippen LogP contribution in [0, 0.1) is 0 Å². The fourth-order valence-electron chi connectivity index (χ4n) is 9.25. The van der Waals surface area contributed by atoms with Gasteiger partial charge in [-0.3, -0.25) is 37.3 Å². The summed E-state index contributed by atoms with van der Waals surface area (Å²) in [7, 11) is -9.96. The molecule has 19 heteroatoms. The topological polar surface area (TPSA) is 237 Å². The van der Waals surface area contributed by atoms with Gasteiger partial charge in [-0.25, -0.2) is 9.13 Å². The van der Waals surface area contributed by atoms with E-state index in [1.54, 1.807) is 0 Å². The zero-order valence-corrected chi connectivity index (χ0v) is 60.4. The summed E-state index contributed by atoms with van der Waals surface area (Å²) in [6.45, 7) is 4.50. The van der Waals surface area contributed by atoms with Crippen molar-refractivity contribution in [1.29, 1.82) is 0 Å². The predicted molar refractivity (Wildman–Crippen MR) is 381 cm³/mol. The zero-order chi connectivity index (χ0) is 69.0. The van der Waals surface area contributed by atoms with Crippen molar-refractivity contribution in [3.05, 3.63) is 109 Å². The number of phosphoric acid groups is 2. The second-order valence-corrected chi connectivity index (χ2v) is 26.7. The number of carbonyl (C=O) groups is 4. The van der Waals surface area contributed by atoms with E-state index < -0.39 is 97.5 Å². The van der Waals surface area contributed by atoms with Gasteiger partial charge in [0.05, 0.1) is 26.4 Å². The Morgan fingerprint density at radius 1 is 0.309 bits per heavy atom. The third-order valence-electron chi connectivity index (χ3n) is 14.7. The Hall–Kier alpha value is -4.28. The van der Waals surface area contributed by atoms with Crippen LogP contribution in [0.2, 0.25) is 0 Å². The first-order valence-electron chi connectivity index (χ1n) is 36.1. The van der Waals surface area contributed by atoms with Gasteiger partial charge in [0.15, 0.2) is 12.2 Å². The smallest absolute Gasteiger partial charge is 0.462 e. The number of allylic oxidation sites excluding steroid dienone is 18. The number of aliphatic hydroxyl groups excluding tert-OH is 1. The number of rotatable bonds is 67. The highest BCUT2D eigenvalue weighted by molar-refractivity contribution is 7.47. The molecule has 17 nitrogen and oxygen atoms in total. The number of aliphatic hydroxyl groups is 1. The molecule has 0 saturated heterocycles. The minimum absolute atomic E-state index is 0.0319. The van der Waals surface area contributed by atoms with Crippen molar-refractivity contribution >= 4 is 39.5 Å². The fourth-order valence-corrected chi connectivity index (χ4v) is 10.8. The van der Waals surface area contributed by atoms with Crippen LogP contribution in [0.25, 0.3) is 0 Å². The molecule has 0 rings (SSSR count). The van der Waals surface area contributed by atoms with Gasteiger partial charge in [0, 0.05) is 25.7 Å². The largest absolute Gasteiger partial charge is 0.472 e. The highest BCUT2D eigenvalue weighted by atomic mass is 31.2. The van der Waals surface area contributed by atoms with Gasteiger partial charge in [0.25, 0.3) is 0 Å². The summed E-state index contributed by atoms with van der Waals surface area (Å²) in [6, 6.07) is 0. The first-order chi connectivity index (χ1) is 45.7. The molecule has 0 aliphatic rings. The standard InChI is InChI=1S/C75H128O17P2/c1-5-9-13-17-21-25-29-32-34-37-41-44-48-52-56-60-73(78)86-66-71(92-75(80)62-58-54-50-46-42-38-35-33-30-26-22-18-14-10-6-2)68-90-94(83,84)88-64-69(76)63-87-93(81,82)89-67-70(91-74(79)61-57-53-49-45-39-28-24-20-16-12-8-4)65-85-72(77)59-55-51-47-43-40-36-31-27-23-19-15-11-7-3/h9-10,13-14,21-22,25-27,31-35,41-42,44,46,69-71,76H,5-8,11-12,15-20,23-24,28-30,36-40,43,45,47-68H2,1-4H3,(H,81,82)(H,83,84)/b13-9-,14-10-,25-21-,26-22-,31-27-,34-32-,35-33-,44-41-,46-42-. The third kappa shape index (κ3) is 66.3. The first-order valence-corrected chi connectivity index (χ1v) is 39.1. The van der Waals surface area contributed by atoms with E-state index >= 15 is 0 Å². The van der Waals surface area contributed by atoms with Crippen molar-refractivity contribution < 1.29 is 80.2 Å². The monoisotopic (exact) mass is 1360 g/mol. The van der Waals surface area contributed by atoms with E-state index in [-0.39, 0.29) is 25.7 Å². The van der Waals surface area contributed by atoms with Crippen molar-refractivity contribution in [3.63, 3.8) is 0 Å². The molecule has 0 saturated carbocycles. The van der Waals surface area contributed by atoms with E-state index in [0.29, 0.717) is 32.1 Å². The van der Waals surface area contributed by atoms with Crippen LogP contribution in [0.1, 0.15) is 285 Å². The van der Waals surface area contributed by atoms with Crippen LogP contribution in [0.5, 0.6) is 0 Å². The molecular weight excluding hydrogens is 1230 g/mol. The van der Waals surface area contributed by atoms with Crippen molar-refractivity contribution in [2.24, 2.45) is 0 Å². The highest BCUT2D eigenvalue weighted by Crippen LogP contribution is 2.45. The molecule has 0 aromatic carbocycles. The number of hydrogen-bond donors (Lipinski definition) is 3. The molecule has 0 radical (unpaired) electrons. The van der Waals surface area contributed by atoms with Crippen molar-refractivity contribution in [3.8, 4) is 0 Å².